The van der Waals surface area contributed by atoms with E-state index in [0.717, 1.165) is 5.56 Å². The lowest BCUT2D eigenvalue weighted by atomic mass is 9.89. The SMILES string of the molecule is C[C@]1(C(=O)Nc2ccc(C#N)cc2)Cc2ccccc2C(=O)O1. The van der Waals surface area contributed by atoms with Crippen molar-refractivity contribution in [3.05, 3.63) is 65.2 Å². The van der Waals surface area contributed by atoms with Gasteiger partial charge >= 0.3 is 5.97 Å². The highest BCUT2D eigenvalue weighted by Gasteiger charge is 2.42. The van der Waals surface area contributed by atoms with Crippen LogP contribution in [0.15, 0.2) is 48.5 Å². The van der Waals surface area contributed by atoms with E-state index in [1.165, 1.54) is 0 Å². The van der Waals surface area contributed by atoms with E-state index in [0.29, 0.717) is 23.2 Å². The number of fused-ring (bicyclic) bond motifs is 1. The summed E-state index contributed by atoms with van der Waals surface area (Å²) in [5, 5.41) is 11.5. The minimum Gasteiger partial charge on any atom is -0.445 e. The molecule has 114 valence electrons. The molecule has 5 heteroatoms. The molecule has 5 nitrogen and oxygen atoms in total. The topological polar surface area (TPSA) is 79.2 Å². The highest BCUT2D eigenvalue weighted by Crippen LogP contribution is 2.29. The number of hydrogen-bond donors (Lipinski definition) is 1. The molecule has 23 heavy (non-hydrogen) atoms. The van der Waals surface area contributed by atoms with E-state index < -0.39 is 17.5 Å². The maximum atomic E-state index is 12.5. The van der Waals surface area contributed by atoms with Gasteiger partial charge in [0.25, 0.3) is 5.91 Å². The number of amides is 1. The summed E-state index contributed by atoms with van der Waals surface area (Å²) in [7, 11) is 0. The van der Waals surface area contributed by atoms with Crippen LogP contribution in [-0.4, -0.2) is 17.5 Å². The van der Waals surface area contributed by atoms with Crippen molar-refractivity contribution in [1.82, 2.24) is 0 Å². The zero-order valence-electron chi connectivity index (χ0n) is 12.5. The van der Waals surface area contributed by atoms with Gasteiger partial charge in [0.1, 0.15) is 0 Å². The molecule has 0 aliphatic carbocycles. The number of nitriles is 1. The Balaban J connectivity index is 1.82. The molecule has 1 aliphatic rings. The minimum atomic E-state index is -1.26. The average Bonchev–Trinajstić information content (AvgIpc) is 2.55. The van der Waals surface area contributed by atoms with E-state index in [-0.39, 0.29) is 0 Å². The summed E-state index contributed by atoms with van der Waals surface area (Å²) < 4.78 is 5.38. The lowest BCUT2D eigenvalue weighted by Gasteiger charge is -2.33. The number of rotatable bonds is 2. The first kappa shape index (κ1) is 14.8. The molecule has 0 spiro atoms. The summed E-state index contributed by atoms with van der Waals surface area (Å²) in [6.45, 7) is 1.60. The third kappa shape index (κ3) is 2.79. The van der Waals surface area contributed by atoms with Crippen LogP contribution in [-0.2, 0) is 16.0 Å². The highest BCUT2D eigenvalue weighted by molar-refractivity contribution is 6.02. The van der Waals surface area contributed by atoms with Gasteiger partial charge in [-0.3, -0.25) is 4.79 Å². The number of hydrogen-bond acceptors (Lipinski definition) is 4. The van der Waals surface area contributed by atoms with Crippen LogP contribution in [0.3, 0.4) is 0 Å². The molecule has 0 saturated carbocycles. The number of nitrogens with one attached hydrogen (secondary N) is 1. The van der Waals surface area contributed by atoms with E-state index in [4.69, 9.17) is 10.00 Å². The van der Waals surface area contributed by atoms with Gasteiger partial charge in [0.2, 0.25) is 0 Å². The van der Waals surface area contributed by atoms with Gasteiger partial charge in [-0.1, -0.05) is 18.2 Å². The monoisotopic (exact) mass is 306 g/mol. The van der Waals surface area contributed by atoms with Crippen LogP contribution in [0.1, 0.15) is 28.4 Å². The molecule has 0 aromatic heterocycles. The standard InChI is InChI=1S/C18H14N2O3/c1-18(10-13-4-2-3-5-15(13)16(21)23-18)17(22)20-14-8-6-12(11-19)7-9-14/h2-9H,10H2,1H3,(H,20,22)/t18-/m1/s1. The number of ether oxygens (including phenoxy) is 1. The molecule has 1 heterocycles. The van der Waals surface area contributed by atoms with Crippen molar-refractivity contribution in [3.63, 3.8) is 0 Å². The van der Waals surface area contributed by atoms with Crippen molar-refractivity contribution in [2.75, 3.05) is 5.32 Å². The quantitative estimate of drug-likeness (QED) is 0.865. The molecule has 1 atom stereocenters. The Morgan fingerprint density at radius 2 is 1.91 bits per heavy atom. The van der Waals surface area contributed by atoms with Gasteiger partial charge in [-0.15, -0.1) is 0 Å². The van der Waals surface area contributed by atoms with Gasteiger partial charge in [0.05, 0.1) is 17.2 Å². The molecular formula is C18H14N2O3. The van der Waals surface area contributed by atoms with E-state index in [9.17, 15) is 9.59 Å². The van der Waals surface area contributed by atoms with Crippen molar-refractivity contribution in [2.45, 2.75) is 18.9 Å². The second-order valence-corrected chi connectivity index (χ2v) is 5.60. The molecule has 0 saturated heterocycles. The molecule has 0 bridgehead atoms. The van der Waals surface area contributed by atoms with Crippen molar-refractivity contribution in [3.8, 4) is 6.07 Å². The molecule has 2 aromatic carbocycles. The Labute approximate surface area is 133 Å². The smallest absolute Gasteiger partial charge is 0.339 e. The Morgan fingerprint density at radius 1 is 1.22 bits per heavy atom. The van der Waals surface area contributed by atoms with Crippen molar-refractivity contribution in [2.24, 2.45) is 0 Å². The lowest BCUT2D eigenvalue weighted by Crippen LogP contribution is -2.48. The summed E-state index contributed by atoms with van der Waals surface area (Å²) in [5.41, 5.74) is 1.08. The summed E-state index contributed by atoms with van der Waals surface area (Å²) in [4.78, 5) is 24.6. The largest absolute Gasteiger partial charge is 0.445 e. The van der Waals surface area contributed by atoms with Gasteiger partial charge in [-0.2, -0.15) is 5.26 Å². The van der Waals surface area contributed by atoms with Crippen LogP contribution in [0.5, 0.6) is 0 Å². The Kier molecular flexibility index (Phi) is 3.59. The van der Waals surface area contributed by atoms with Gasteiger partial charge < -0.3 is 10.1 Å². The number of anilines is 1. The number of carbonyl (C=O) groups is 2. The fourth-order valence-corrected chi connectivity index (χ4v) is 2.55. The van der Waals surface area contributed by atoms with Gasteiger partial charge in [-0.25, -0.2) is 4.79 Å². The van der Waals surface area contributed by atoms with E-state index >= 15 is 0 Å². The summed E-state index contributed by atoms with van der Waals surface area (Å²) >= 11 is 0. The summed E-state index contributed by atoms with van der Waals surface area (Å²) in [6, 6.07) is 15.6. The molecular weight excluding hydrogens is 292 g/mol. The zero-order valence-corrected chi connectivity index (χ0v) is 12.5. The normalized spacial score (nSPS) is 19.2. The van der Waals surface area contributed by atoms with Crippen LogP contribution in [0.2, 0.25) is 0 Å². The van der Waals surface area contributed by atoms with Crippen LogP contribution >= 0.6 is 0 Å². The van der Waals surface area contributed by atoms with Crippen LogP contribution in [0, 0.1) is 11.3 Å². The third-order valence-electron chi connectivity index (χ3n) is 3.84. The number of cyclic esters (lactones) is 1. The lowest BCUT2D eigenvalue weighted by molar-refractivity contribution is -0.134. The maximum Gasteiger partial charge on any atom is 0.339 e. The highest BCUT2D eigenvalue weighted by atomic mass is 16.6. The first-order valence-electron chi connectivity index (χ1n) is 7.15. The number of carbonyl (C=O) groups excluding carboxylic acids is 2. The predicted octanol–water partition coefficient (Wildman–Crippen LogP) is 2.67. The molecule has 1 aliphatic heterocycles. The fourth-order valence-electron chi connectivity index (χ4n) is 2.55. The summed E-state index contributed by atoms with van der Waals surface area (Å²) in [5.74, 6) is -0.894. The maximum absolute atomic E-state index is 12.5. The van der Waals surface area contributed by atoms with E-state index in [1.807, 2.05) is 18.2 Å². The Bertz CT molecular complexity index is 821. The fraction of sp³-hybridized carbons (Fsp3) is 0.167. The van der Waals surface area contributed by atoms with Crippen LogP contribution in [0.4, 0.5) is 5.69 Å². The zero-order chi connectivity index (χ0) is 16.4. The first-order valence-corrected chi connectivity index (χ1v) is 7.15. The van der Waals surface area contributed by atoms with E-state index in [1.54, 1.807) is 43.3 Å². The molecule has 0 fully saturated rings. The first-order chi connectivity index (χ1) is 11.0. The second kappa shape index (κ2) is 5.58. The molecule has 0 radical (unpaired) electrons. The number of benzene rings is 2. The second-order valence-electron chi connectivity index (χ2n) is 5.60. The van der Waals surface area contributed by atoms with E-state index in [2.05, 4.69) is 5.32 Å². The van der Waals surface area contributed by atoms with Crippen LogP contribution in [0.25, 0.3) is 0 Å². The van der Waals surface area contributed by atoms with Crippen molar-refractivity contribution < 1.29 is 14.3 Å². The minimum absolute atomic E-state index is 0.316. The van der Waals surface area contributed by atoms with Crippen LogP contribution < -0.4 is 5.32 Å². The Hall–Kier alpha value is -3.13. The molecule has 3 rings (SSSR count). The Morgan fingerprint density at radius 3 is 2.61 bits per heavy atom. The average molecular weight is 306 g/mol. The molecule has 2 aromatic rings. The number of nitrogens with zero attached hydrogens (tertiary/aromatic N) is 1. The molecule has 1 amide bonds. The van der Waals surface area contributed by atoms with Gasteiger partial charge in [0, 0.05) is 12.1 Å². The number of esters is 1. The van der Waals surface area contributed by atoms with Gasteiger partial charge in [0.15, 0.2) is 5.60 Å². The van der Waals surface area contributed by atoms with Gasteiger partial charge in [-0.05, 0) is 42.8 Å². The van der Waals surface area contributed by atoms with Crippen molar-refractivity contribution >= 4 is 17.6 Å². The predicted molar refractivity (Wildman–Crippen MR) is 83.8 cm³/mol. The molecule has 0 unspecified atom stereocenters. The van der Waals surface area contributed by atoms with Crippen molar-refractivity contribution in [1.29, 1.82) is 5.26 Å². The third-order valence-corrected chi connectivity index (χ3v) is 3.84. The molecule has 1 N–H and O–H groups in total. The summed E-state index contributed by atoms with van der Waals surface area (Å²) in [6.07, 6.45) is 0.316.